The van der Waals surface area contributed by atoms with E-state index in [0.29, 0.717) is 0 Å². The molecule has 0 aliphatic rings. The van der Waals surface area contributed by atoms with Gasteiger partial charge in [-0.1, -0.05) is 12.2 Å². The largest absolute Gasteiger partial charge is 0.451 e. The molecule has 0 radical (unpaired) electrons. The van der Waals surface area contributed by atoms with E-state index >= 15 is 0 Å². The lowest BCUT2D eigenvalue weighted by atomic mass is 10.2. The van der Waals surface area contributed by atoms with Gasteiger partial charge in [0, 0.05) is 11.6 Å². The van der Waals surface area contributed by atoms with Gasteiger partial charge in [0.2, 0.25) is 0 Å². The monoisotopic (exact) mass is 361 g/mol. The molecule has 0 spiro atoms. The highest BCUT2D eigenvalue weighted by Gasteiger charge is 2.15. The molecule has 0 aromatic heterocycles. The van der Waals surface area contributed by atoms with Crippen molar-refractivity contribution in [3.8, 4) is 11.5 Å². The molecule has 2 aromatic carbocycles. The van der Waals surface area contributed by atoms with Crippen molar-refractivity contribution in [1.29, 1.82) is 0 Å². The first-order valence-electron chi connectivity index (χ1n) is 5.30. The fourth-order valence-electron chi connectivity index (χ4n) is 1.46. The van der Waals surface area contributed by atoms with Gasteiger partial charge >= 0.3 is 0 Å². The van der Waals surface area contributed by atoms with E-state index in [-0.39, 0.29) is 20.8 Å². The summed E-state index contributed by atoms with van der Waals surface area (Å²) < 4.78 is 46.0. The number of thiocarbonyl (C=S) groups is 1. The third-order valence-electron chi connectivity index (χ3n) is 2.39. The van der Waals surface area contributed by atoms with Gasteiger partial charge in [0.1, 0.15) is 16.6 Å². The van der Waals surface area contributed by atoms with Crippen LogP contribution in [0.25, 0.3) is 0 Å². The summed E-state index contributed by atoms with van der Waals surface area (Å²) in [6, 6.07) is 5.65. The highest BCUT2D eigenvalue weighted by Crippen LogP contribution is 2.30. The summed E-state index contributed by atoms with van der Waals surface area (Å²) in [7, 11) is 0. The third kappa shape index (κ3) is 3.10. The van der Waals surface area contributed by atoms with Crippen LogP contribution in [0, 0.1) is 17.5 Å². The van der Waals surface area contributed by atoms with Crippen LogP contribution in [-0.4, -0.2) is 4.99 Å². The first-order chi connectivity index (χ1) is 9.38. The molecule has 2 N–H and O–H groups in total. The Hall–Kier alpha value is -1.60. The number of hydrogen-bond acceptors (Lipinski definition) is 2. The van der Waals surface area contributed by atoms with E-state index in [1.165, 1.54) is 12.1 Å². The average Bonchev–Trinajstić information content (AvgIpc) is 2.37. The van der Waals surface area contributed by atoms with E-state index in [4.69, 9.17) is 10.5 Å². The van der Waals surface area contributed by atoms with Gasteiger partial charge in [-0.05, 0) is 40.2 Å². The van der Waals surface area contributed by atoms with Crippen molar-refractivity contribution >= 4 is 33.1 Å². The van der Waals surface area contributed by atoms with Gasteiger partial charge in [-0.2, -0.15) is 0 Å². The number of nitrogens with two attached hydrogens (primary N) is 1. The molecule has 0 heterocycles. The topological polar surface area (TPSA) is 35.2 Å². The number of hydrogen-bond donors (Lipinski definition) is 1. The zero-order chi connectivity index (χ0) is 14.9. The average molecular weight is 362 g/mol. The summed E-state index contributed by atoms with van der Waals surface area (Å²) in [5.41, 5.74) is 5.34. The Morgan fingerprint density at radius 3 is 2.15 bits per heavy atom. The molecular weight excluding hydrogens is 355 g/mol. The van der Waals surface area contributed by atoms with Gasteiger partial charge in [0.25, 0.3) is 0 Å². The van der Waals surface area contributed by atoms with E-state index in [0.717, 1.165) is 18.2 Å². The summed E-state index contributed by atoms with van der Waals surface area (Å²) in [5.74, 6) is -3.24. The lowest BCUT2D eigenvalue weighted by Crippen LogP contribution is -2.10. The van der Waals surface area contributed by atoms with Crippen LogP contribution in [-0.2, 0) is 0 Å². The molecule has 2 nitrogen and oxygen atoms in total. The maximum atomic E-state index is 13.8. The SMILES string of the molecule is NC(=S)c1cc(F)c(Oc2ccc(Br)c(F)c2)c(F)c1. The Kier molecular flexibility index (Phi) is 4.29. The molecule has 104 valence electrons. The second-order valence-electron chi connectivity index (χ2n) is 3.81. The standard InChI is InChI=1S/C13H7BrF3NOS/c14-8-2-1-7(5-9(8)15)19-12-10(16)3-6(13(18)20)4-11(12)17/h1-5H,(H2,18,20). The summed E-state index contributed by atoms with van der Waals surface area (Å²) in [5, 5.41) is 0. The van der Waals surface area contributed by atoms with Crippen molar-refractivity contribution in [2.75, 3.05) is 0 Å². The van der Waals surface area contributed by atoms with E-state index in [1.807, 2.05) is 0 Å². The summed E-state index contributed by atoms with van der Waals surface area (Å²) in [6.07, 6.45) is 0. The fourth-order valence-corrected chi connectivity index (χ4v) is 1.82. The second kappa shape index (κ2) is 5.80. The third-order valence-corrected chi connectivity index (χ3v) is 3.27. The van der Waals surface area contributed by atoms with Crippen LogP contribution < -0.4 is 10.5 Å². The molecule has 0 saturated carbocycles. The minimum Gasteiger partial charge on any atom is -0.451 e. The predicted octanol–water partition coefficient (Wildman–Crippen LogP) is 4.29. The van der Waals surface area contributed by atoms with E-state index in [9.17, 15) is 13.2 Å². The molecule has 0 atom stereocenters. The molecule has 20 heavy (non-hydrogen) atoms. The number of benzene rings is 2. The van der Waals surface area contributed by atoms with Crippen LogP contribution in [0.15, 0.2) is 34.8 Å². The molecule has 2 rings (SSSR count). The van der Waals surface area contributed by atoms with Gasteiger partial charge in [0.15, 0.2) is 17.4 Å². The Balaban J connectivity index is 2.38. The van der Waals surface area contributed by atoms with Crippen LogP contribution >= 0.6 is 28.1 Å². The van der Waals surface area contributed by atoms with Crippen molar-refractivity contribution in [3.05, 3.63) is 57.8 Å². The first kappa shape index (κ1) is 14.8. The zero-order valence-electron chi connectivity index (χ0n) is 9.79. The Bertz CT molecular complexity index is 670. The molecule has 0 bridgehead atoms. The van der Waals surface area contributed by atoms with Crippen LogP contribution in [0.2, 0.25) is 0 Å². The maximum Gasteiger partial charge on any atom is 0.198 e. The van der Waals surface area contributed by atoms with Crippen molar-refractivity contribution in [2.24, 2.45) is 5.73 Å². The van der Waals surface area contributed by atoms with Crippen molar-refractivity contribution in [1.82, 2.24) is 0 Å². The van der Waals surface area contributed by atoms with Gasteiger partial charge in [-0.3, -0.25) is 0 Å². The van der Waals surface area contributed by atoms with E-state index in [2.05, 4.69) is 28.1 Å². The number of rotatable bonds is 3. The highest BCUT2D eigenvalue weighted by atomic mass is 79.9. The minimum absolute atomic E-state index is 0.0356. The van der Waals surface area contributed by atoms with Crippen LogP contribution in [0.3, 0.4) is 0 Å². The fraction of sp³-hybridized carbons (Fsp3) is 0. The quantitative estimate of drug-likeness (QED) is 0.828. The van der Waals surface area contributed by atoms with Gasteiger partial charge < -0.3 is 10.5 Å². The molecular formula is C13H7BrF3NOS. The van der Waals surface area contributed by atoms with Crippen molar-refractivity contribution < 1.29 is 17.9 Å². The smallest absolute Gasteiger partial charge is 0.198 e. The molecule has 0 unspecified atom stereocenters. The molecule has 0 aliphatic heterocycles. The maximum absolute atomic E-state index is 13.8. The molecule has 0 fully saturated rings. The van der Waals surface area contributed by atoms with Crippen LogP contribution in [0.1, 0.15) is 5.56 Å². The molecule has 0 amide bonds. The zero-order valence-corrected chi connectivity index (χ0v) is 12.2. The molecule has 2 aromatic rings. The molecule has 7 heteroatoms. The minimum atomic E-state index is -0.976. The van der Waals surface area contributed by atoms with Crippen LogP contribution in [0.5, 0.6) is 11.5 Å². The second-order valence-corrected chi connectivity index (χ2v) is 5.11. The Morgan fingerprint density at radius 1 is 1.05 bits per heavy atom. The normalized spacial score (nSPS) is 10.4. The van der Waals surface area contributed by atoms with E-state index < -0.39 is 23.2 Å². The summed E-state index contributed by atoms with van der Waals surface area (Å²) in [6.45, 7) is 0. The van der Waals surface area contributed by atoms with Gasteiger partial charge in [-0.15, -0.1) is 0 Å². The lowest BCUT2D eigenvalue weighted by Gasteiger charge is -2.10. The van der Waals surface area contributed by atoms with Crippen LogP contribution in [0.4, 0.5) is 13.2 Å². The Morgan fingerprint density at radius 2 is 1.65 bits per heavy atom. The molecule has 0 aliphatic carbocycles. The Labute approximate surface area is 126 Å². The predicted molar refractivity (Wildman–Crippen MR) is 76.4 cm³/mol. The van der Waals surface area contributed by atoms with Crippen molar-refractivity contribution in [3.63, 3.8) is 0 Å². The number of halogens is 4. The first-order valence-corrected chi connectivity index (χ1v) is 6.50. The lowest BCUT2D eigenvalue weighted by molar-refractivity contribution is 0.405. The highest BCUT2D eigenvalue weighted by molar-refractivity contribution is 9.10. The molecule has 0 saturated heterocycles. The summed E-state index contributed by atoms with van der Waals surface area (Å²) >= 11 is 7.60. The van der Waals surface area contributed by atoms with Gasteiger partial charge in [-0.25, -0.2) is 13.2 Å². The van der Waals surface area contributed by atoms with E-state index in [1.54, 1.807) is 0 Å². The van der Waals surface area contributed by atoms with Gasteiger partial charge in [0.05, 0.1) is 4.47 Å². The summed E-state index contributed by atoms with van der Waals surface area (Å²) in [4.78, 5) is -0.135. The van der Waals surface area contributed by atoms with Crippen molar-refractivity contribution in [2.45, 2.75) is 0 Å². The number of ether oxygens (including phenoxy) is 1.